The molecule has 0 fully saturated rings. The maximum atomic E-state index is 13.2. The number of rotatable bonds is 8. The summed E-state index contributed by atoms with van der Waals surface area (Å²) in [4.78, 5) is 43.7. The molecular weight excluding hydrogens is 438 g/mol. The van der Waals surface area contributed by atoms with Crippen molar-refractivity contribution in [3.63, 3.8) is 0 Å². The fourth-order valence-electron chi connectivity index (χ4n) is 3.01. The molecule has 0 bridgehead atoms. The normalized spacial score (nSPS) is 12.3. The highest BCUT2D eigenvalue weighted by molar-refractivity contribution is 7.20. The number of anilines is 1. The topological polar surface area (TPSA) is 116 Å². The van der Waals surface area contributed by atoms with E-state index in [0.29, 0.717) is 38.8 Å². The highest BCUT2D eigenvalue weighted by atomic mass is 32.1. The molecule has 3 aromatic rings. The van der Waals surface area contributed by atoms with Gasteiger partial charge in [0.15, 0.2) is 0 Å². The van der Waals surface area contributed by atoms with Gasteiger partial charge in [-0.25, -0.2) is 9.78 Å². The Labute approximate surface area is 187 Å². The SMILES string of the molecule is CCc1nnc(NC(=O)C(CC)n2cnc3sc(C(=O)OCC(C)C)c(C)c3c2=O)s1. The van der Waals surface area contributed by atoms with Crippen molar-refractivity contribution >= 4 is 49.9 Å². The number of aryl methyl sites for hydroxylation is 2. The molecular formula is C20H25N5O4S2. The number of hydrogen-bond acceptors (Lipinski definition) is 9. The van der Waals surface area contributed by atoms with Crippen molar-refractivity contribution in [2.75, 3.05) is 11.9 Å². The van der Waals surface area contributed by atoms with Crippen molar-refractivity contribution in [2.24, 2.45) is 5.92 Å². The lowest BCUT2D eigenvalue weighted by Gasteiger charge is -2.16. The summed E-state index contributed by atoms with van der Waals surface area (Å²) >= 11 is 2.43. The molecule has 1 amide bonds. The van der Waals surface area contributed by atoms with Crippen LogP contribution in [0.15, 0.2) is 11.1 Å². The van der Waals surface area contributed by atoms with E-state index in [-0.39, 0.29) is 17.4 Å². The van der Waals surface area contributed by atoms with Gasteiger partial charge in [0.05, 0.1) is 18.3 Å². The van der Waals surface area contributed by atoms with E-state index in [2.05, 4.69) is 20.5 Å². The fourth-order valence-corrected chi connectivity index (χ4v) is 4.72. The minimum Gasteiger partial charge on any atom is -0.461 e. The number of carbonyl (C=O) groups excluding carboxylic acids is 2. The number of ether oxygens (including phenoxy) is 1. The molecule has 3 rings (SSSR count). The van der Waals surface area contributed by atoms with Crippen molar-refractivity contribution in [1.29, 1.82) is 0 Å². The molecule has 0 aliphatic heterocycles. The van der Waals surface area contributed by atoms with Crippen LogP contribution in [0.1, 0.15) is 60.4 Å². The second-order valence-electron chi connectivity index (χ2n) is 7.45. The molecule has 0 aromatic carbocycles. The standard InChI is InChI=1S/C20H25N5O4S2/c1-6-12(16(26)22-20-24-23-13(7-2)30-20)25-9-21-17-14(18(25)27)11(5)15(31-17)19(28)29-8-10(3)4/h9-10,12H,6-8H2,1-5H3,(H,22,24,26). The lowest BCUT2D eigenvalue weighted by molar-refractivity contribution is -0.119. The first-order chi connectivity index (χ1) is 14.8. The van der Waals surface area contributed by atoms with Gasteiger partial charge in [-0.05, 0) is 31.2 Å². The van der Waals surface area contributed by atoms with Crippen molar-refractivity contribution in [3.05, 3.63) is 32.1 Å². The molecule has 0 radical (unpaired) electrons. The number of thiophene rings is 1. The molecule has 0 aliphatic carbocycles. The number of amides is 1. The van der Waals surface area contributed by atoms with Gasteiger partial charge in [0.2, 0.25) is 11.0 Å². The number of hydrogen-bond donors (Lipinski definition) is 1. The van der Waals surface area contributed by atoms with E-state index in [9.17, 15) is 14.4 Å². The Kier molecular flexibility index (Phi) is 7.16. The lowest BCUT2D eigenvalue weighted by Crippen LogP contribution is -2.33. The van der Waals surface area contributed by atoms with Gasteiger partial charge in [-0.2, -0.15) is 0 Å². The monoisotopic (exact) mass is 463 g/mol. The minimum atomic E-state index is -0.769. The lowest BCUT2D eigenvalue weighted by atomic mass is 10.1. The maximum absolute atomic E-state index is 13.2. The summed E-state index contributed by atoms with van der Waals surface area (Å²) in [7, 11) is 0. The van der Waals surface area contributed by atoms with Crippen molar-refractivity contribution in [3.8, 4) is 0 Å². The van der Waals surface area contributed by atoms with Gasteiger partial charge in [-0.3, -0.25) is 19.5 Å². The summed E-state index contributed by atoms with van der Waals surface area (Å²) < 4.78 is 6.62. The van der Waals surface area contributed by atoms with E-state index in [4.69, 9.17) is 4.74 Å². The van der Waals surface area contributed by atoms with Gasteiger partial charge < -0.3 is 4.74 Å². The van der Waals surface area contributed by atoms with Crippen LogP contribution in [0.2, 0.25) is 0 Å². The van der Waals surface area contributed by atoms with E-state index >= 15 is 0 Å². The number of nitrogens with zero attached hydrogens (tertiary/aromatic N) is 4. The van der Waals surface area contributed by atoms with Gasteiger partial charge in [0.25, 0.3) is 5.56 Å². The summed E-state index contributed by atoms with van der Waals surface area (Å²) in [6.07, 6.45) is 2.46. The predicted molar refractivity (Wildman–Crippen MR) is 121 cm³/mol. The molecule has 0 aliphatic rings. The van der Waals surface area contributed by atoms with Gasteiger partial charge in [-0.1, -0.05) is 39.0 Å². The highest BCUT2D eigenvalue weighted by Crippen LogP contribution is 2.28. The molecule has 1 atom stereocenters. The van der Waals surface area contributed by atoms with E-state index in [1.165, 1.54) is 22.2 Å². The summed E-state index contributed by atoms with van der Waals surface area (Å²) in [6, 6.07) is -0.769. The maximum Gasteiger partial charge on any atom is 0.348 e. The molecule has 0 saturated heterocycles. The second-order valence-corrected chi connectivity index (χ2v) is 9.51. The Bertz CT molecular complexity index is 1160. The van der Waals surface area contributed by atoms with Gasteiger partial charge in [0, 0.05) is 0 Å². The Morgan fingerprint density at radius 1 is 1.23 bits per heavy atom. The van der Waals surface area contributed by atoms with Crippen molar-refractivity contribution < 1.29 is 14.3 Å². The summed E-state index contributed by atoms with van der Waals surface area (Å²) in [5, 5.41) is 12.2. The van der Waals surface area contributed by atoms with Crippen molar-refractivity contribution in [1.82, 2.24) is 19.7 Å². The third-order valence-corrected chi connectivity index (χ3v) is 6.80. The van der Waals surface area contributed by atoms with E-state index in [1.807, 2.05) is 27.7 Å². The second kappa shape index (κ2) is 9.65. The number of nitrogens with one attached hydrogen (secondary N) is 1. The molecule has 0 spiro atoms. The first-order valence-corrected chi connectivity index (χ1v) is 11.7. The van der Waals surface area contributed by atoms with Crippen LogP contribution < -0.4 is 10.9 Å². The van der Waals surface area contributed by atoms with Crippen LogP contribution in [-0.2, 0) is 16.0 Å². The molecule has 3 heterocycles. The Hall–Kier alpha value is -2.66. The average molecular weight is 464 g/mol. The smallest absolute Gasteiger partial charge is 0.348 e. The van der Waals surface area contributed by atoms with E-state index in [0.717, 1.165) is 22.8 Å². The molecule has 9 nitrogen and oxygen atoms in total. The fraction of sp³-hybridized carbons (Fsp3) is 0.500. The molecule has 1 N–H and O–H groups in total. The Balaban J connectivity index is 1.93. The Morgan fingerprint density at radius 3 is 2.58 bits per heavy atom. The van der Waals surface area contributed by atoms with Crippen LogP contribution in [0.4, 0.5) is 5.13 Å². The van der Waals surface area contributed by atoms with Crippen LogP contribution in [0.5, 0.6) is 0 Å². The number of carbonyl (C=O) groups is 2. The number of aromatic nitrogens is 4. The van der Waals surface area contributed by atoms with Crippen LogP contribution in [0.3, 0.4) is 0 Å². The molecule has 3 aromatic heterocycles. The van der Waals surface area contributed by atoms with Crippen LogP contribution in [-0.4, -0.2) is 38.2 Å². The first kappa shape index (κ1) is 23.0. The van der Waals surface area contributed by atoms with E-state index in [1.54, 1.807) is 6.92 Å². The molecule has 166 valence electrons. The number of fused-ring (bicyclic) bond motifs is 1. The quantitative estimate of drug-likeness (QED) is 0.508. The van der Waals surface area contributed by atoms with Gasteiger partial charge >= 0.3 is 5.97 Å². The zero-order valence-corrected chi connectivity index (χ0v) is 19.7. The van der Waals surface area contributed by atoms with Crippen LogP contribution in [0.25, 0.3) is 10.2 Å². The molecule has 31 heavy (non-hydrogen) atoms. The first-order valence-electron chi connectivity index (χ1n) is 10.1. The molecule has 1 unspecified atom stereocenters. The van der Waals surface area contributed by atoms with E-state index < -0.39 is 12.0 Å². The summed E-state index contributed by atoms with van der Waals surface area (Å²) in [6.45, 7) is 9.67. The zero-order chi connectivity index (χ0) is 22.7. The number of esters is 1. The Morgan fingerprint density at radius 2 is 1.97 bits per heavy atom. The predicted octanol–water partition coefficient (Wildman–Crippen LogP) is 3.58. The minimum absolute atomic E-state index is 0.208. The van der Waals surface area contributed by atoms with Gasteiger partial charge in [0.1, 0.15) is 20.8 Å². The molecule has 0 saturated carbocycles. The average Bonchev–Trinajstić information content (AvgIpc) is 3.32. The molecule has 11 heteroatoms. The summed E-state index contributed by atoms with van der Waals surface area (Å²) in [5.41, 5.74) is 0.155. The third kappa shape index (κ3) is 4.82. The van der Waals surface area contributed by atoms with Crippen molar-refractivity contribution in [2.45, 2.75) is 53.5 Å². The largest absolute Gasteiger partial charge is 0.461 e. The summed E-state index contributed by atoms with van der Waals surface area (Å²) in [5.74, 6) is -0.624. The third-order valence-electron chi connectivity index (χ3n) is 4.63. The zero-order valence-electron chi connectivity index (χ0n) is 18.1. The highest BCUT2D eigenvalue weighted by Gasteiger charge is 2.25. The van der Waals surface area contributed by atoms with Crippen LogP contribution >= 0.6 is 22.7 Å². The van der Waals surface area contributed by atoms with Gasteiger partial charge in [-0.15, -0.1) is 21.5 Å². The van der Waals surface area contributed by atoms with Crippen LogP contribution in [0, 0.1) is 12.8 Å².